The molecule has 1 aromatic carbocycles. The van der Waals surface area contributed by atoms with Gasteiger partial charge in [-0.2, -0.15) is 0 Å². The Bertz CT molecular complexity index is 382. The standard InChI is InChI=1S/C11H13F4NO2/c12-9-3-2-8(7-16-4-1-5-17)10(6-9)18-11(13,14)15/h2-3,6,16-17H,1,4-5,7H2. The van der Waals surface area contributed by atoms with Crippen molar-refractivity contribution in [3.63, 3.8) is 0 Å². The first-order chi connectivity index (χ1) is 8.42. The third-order valence-corrected chi connectivity index (χ3v) is 2.08. The van der Waals surface area contributed by atoms with Crippen LogP contribution >= 0.6 is 0 Å². The van der Waals surface area contributed by atoms with Gasteiger partial charge in [0.25, 0.3) is 0 Å². The zero-order valence-corrected chi connectivity index (χ0v) is 9.43. The molecule has 3 nitrogen and oxygen atoms in total. The third kappa shape index (κ3) is 5.33. The van der Waals surface area contributed by atoms with Crippen LogP contribution in [-0.2, 0) is 6.54 Å². The molecular formula is C11H13F4NO2. The van der Waals surface area contributed by atoms with Crippen LogP contribution in [0.25, 0.3) is 0 Å². The monoisotopic (exact) mass is 267 g/mol. The number of halogens is 4. The van der Waals surface area contributed by atoms with Gasteiger partial charge >= 0.3 is 6.36 Å². The maximum absolute atomic E-state index is 12.9. The molecule has 0 heterocycles. The lowest BCUT2D eigenvalue weighted by atomic mass is 10.2. The number of nitrogens with one attached hydrogen (secondary N) is 1. The number of ether oxygens (including phenoxy) is 1. The summed E-state index contributed by atoms with van der Waals surface area (Å²) >= 11 is 0. The molecule has 1 rings (SSSR count). The number of aliphatic hydroxyl groups is 1. The van der Waals surface area contributed by atoms with Crippen LogP contribution in [0.4, 0.5) is 17.6 Å². The highest BCUT2D eigenvalue weighted by atomic mass is 19.4. The molecule has 0 unspecified atom stereocenters. The van der Waals surface area contributed by atoms with Crippen LogP contribution in [-0.4, -0.2) is 24.6 Å². The summed E-state index contributed by atoms with van der Waals surface area (Å²) in [7, 11) is 0. The molecule has 0 radical (unpaired) electrons. The molecule has 0 aromatic heterocycles. The van der Waals surface area contributed by atoms with Crippen molar-refractivity contribution in [3.05, 3.63) is 29.6 Å². The van der Waals surface area contributed by atoms with Crippen LogP contribution in [0, 0.1) is 5.82 Å². The van der Waals surface area contributed by atoms with E-state index in [0.29, 0.717) is 19.0 Å². The predicted molar refractivity (Wildman–Crippen MR) is 56.5 cm³/mol. The molecule has 0 amide bonds. The van der Waals surface area contributed by atoms with Crippen LogP contribution in [0.1, 0.15) is 12.0 Å². The number of alkyl halides is 3. The summed E-state index contributed by atoms with van der Waals surface area (Å²) in [4.78, 5) is 0. The Morgan fingerprint density at radius 2 is 2.00 bits per heavy atom. The second kappa shape index (κ2) is 6.55. The molecule has 102 valence electrons. The molecule has 0 aliphatic rings. The van der Waals surface area contributed by atoms with Gasteiger partial charge in [0.2, 0.25) is 0 Å². The van der Waals surface area contributed by atoms with E-state index in [1.54, 1.807) is 0 Å². The van der Waals surface area contributed by atoms with Gasteiger partial charge in [-0.25, -0.2) is 4.39 Å². The lowest BCUT2D eigenvalue weighted by Crippen LogP contribution is -2.21. The van der Waals surface area contributed by atoms with E-state index in [2.05, 4.69) is 10.1 Å². The largest absolute Gasteiger partial charge is 0.573 e. The van der Waals surface area contributed by atoms with E-state index in [1.165, 1.54) is 6.07 Å². The number of hydrogen-bond donors (Lipinski definition) is 2. The molecule has 0 bridgehead atoms. The Hall–Kier alpha value is -1.34. The second-order valence-corrected chi connectivity index (χ2v) is 3.55. The van der Waals surface area contributed by atoms with Gasteiger partial charge in [0.1, 0.15) is 11.6 Å². The molecule has 0 saturated carbocycles. The van der Waals surface area contributed by atoms with E-state index in [4.69, 9.17) is 5.11 Å². The first-order valence-electron chi connectivity index (χ1n) is 5.28. The fourth-order valence-corrected chi connectivity index (χ4v) is 1.32. The highest BCUT2D eigenvalue weighted by Crippen LogP contribution is 2.27. The Kier molecular flexibility index (Phi) is 5.36. The number of aliphatic hydroxyl groups excluding tert-OH is 1. The van der Waals surface area contributed by atoms with E-state index >= 15 is 0 Å². The van der Waals surface area contributed by atoms with Gasteiger partial charge in [-0.05, 0) is 19.0 Å². The summed E-state index contributed by atoms with van der Waals surface area (Å²) in [6.45, 7) is 0.535. The molecule has 0 saturated heterocycles. The average Bonchev–Trinajstić information content (AvgIpc) is 2.24. The van der Waals surface area contributed by atoms with Crippen molar-refractivity contribution < 1.29 is 27.4 Å². The van der Waals surface area contributed by atoms with Crippen molar-refractivity contribution in [2.24, 2.45) is 0 Å². The molecule has 1 aromatic rings. The minimum absolute atomic E-state index is 0.0116. The minimum atomic E-state index is -4.85. The fraction of sp³-hybridized carbons (Fsp3) is 0.455. The summed E-state index contributed by atoms with van der Waals surface area (Å²) in [5.41, 5.74) is 0.201. The summed E-state index contributed by atoms with van der Waals surface area (Å²) in [6.07, 6.45) is -4.37. The molecule has 0 fully saturated rings. The molecule has 0 aliphatic heterocycles. The van der Waals surface area contributed by atoms with Gasteiger partial charge in [-0.1, -0.05) is 6.07 Å². The van der Waals surface area contributed by atoms with Crippen molar-refractivity contribution in [2.45, 2.75) is 19.3 Å². The van der Waals surface area contributed by atoms with E-state index < -0.39 is 17.9 Å². The SMILES string of the molecule is OCCCNCc1ccc(F)cc1OC(F)(F)F. The zero-order chi connectivity index (χ0) is 13.6. The molecule has 0 atom stereocenters. The third-order valence-electron chi connectivity index (χ3n) is 2.08. The van der Waals surface area contributed by atoms with Crippen molar-refractivity contribution in [1.82, 2.24) is 5.32 Å². The van der Waals surface area contributed by atoms with Crippen LogP contribution in [0.3, 0.4) is 0 Å². The predicted octanol–water partition coefficient (Wildman–Crippen LogP) is 2.20. The van der Waals surface area contributed by atoms with Crippen LogP contribution in [0.5, 0.6) is 5.75 Å². The lowest BCUT2D eigenvalue weighted by molar-refractivity contribution is -0.275. The average molecular weight is 267 g/mol. The molecule has 7 heteroatoms. The summed E-state index contributed by atoms with van der Waals surface area (Å²) in [5.74, 6) is -1.35. The Morgan fingerprint density at radius 3 is 2.61 bits per heavy atom. The maximum atomic E-state index is 12.9. The van der Waals surface area contributed by atoms with E-state index in [9.17, 15) is 17.6 Å². The highest BCUT2D eigenvalue weighted by molar-refractivity contribution is 5.34. The topological polar surface area (TPSA) is 41.5 Å². The van der Waals surface area contributed by atoms with Gasteiger partial charge < -0.3 is 15.2 Å². The van der Waals surface area contributed by atoms with Crippen LogP contribution < -0.4 is 10.1 Å². The highest BCUT2D eigenvalue weighted by Gasteiger charge is 2.32. The van der Waals surface area contributed by atoms with Crippen LogP contribution in [0.15, 0.2) is 18.2 Å². The van der Waals surface area contributed by atoms with Gasteiger partial charge in [-0.3, -0.25) is 0 Å². The second-order valence-electron chi connectivity index (χ2n) is 3.55. The van der Waals surface area contributed by atoms with Crippen LogP contribution in [0.2, 0.25) is 0 Å². The van der Waals surface area contributed by atoms with Gasteiger partial charge in [0.05, 0.1) is 0 Å². The lowest BCUT2D eigenvalue weighted by Gasteiger charge is -2.13. The number of hydrogen-bond acceptors (Lipinski definition) is 3. The fourth-order valence-electron chi connectivity index (χ4n) is 1.32. The van der Waals surface area contributed by atoms with E-state index in [-0.39, 0.29) is 18.7 Å². The van der Waals surface area contributed by atoms with Gasteiger partial charge in [-0.15, -0.1) is 13.2 Å². The maximum Gasteiger partial charge on any atom is 0.573 e. The molecular weight excluding hydrogens is 254 g/mol. The van der Waals surface area contributed by atoms with Gasteiger partial charge in [0.15, 0.2) is 0 Å². The van der Waals surface area contributed by atoms with E-state index in [1.807, 2.05) is 0 Å². The Labute approximate surface area is 101 Å². The summed E-state index contributed by atoms with van der Waals surface area (Å²) in [5, 5.41) is 11.4. The van der Waals surface area contributed by atoms with E-state index in [0.717, 1.165) is 6.07 Å². The van der Waals surface area contributed by atoms with Gasteiger partial charge in [0, 0.05) is 24.8 Å². The summed E-state index contributed by atoms with van der Waals surface area (Å²) < 4.78 is 52.9. The zero-order valence-electron chi connectivity index (χ0n) is 9.43. The molecule has 0 spiro atoms. The molecule has 18 heavy (non-hydrogen) atoms. The first kappa shape index (κ1) is 14.7. The molecule has 0 aliphatic carbocycles. The smallest absolute Gasteiger partial charge is 0.405 e. The Morgan fingerprint density at radius 1 is 1.28 bits per heavy atom. The normalized spacial score (nSPS) is 11.6. The minimum Gasteiger partial charge on any atom is -0.405 e. The van der Waals surface area contributed by atoms with Crippen molar-refractivity contribution in [3.8, 4) is 5.75 Å². The molecule has 2 N–H and O–H groups in total. The first-order valence-corrected chi connectivity index (χ1v) is 5.28. The summed E-state index contributed by atoms with van der Waals surface area (Å²) in [6, 6.07) is 2.98. The number of benzene rings is 1. The quantitative estimate of drug-likeness (QED) is 0.613. The number of rotatable bonds is 6. The Balaban J connectivity index is 2.70. The van der Waals surface area contributed by atoms with Crippen molar-refractivity contribution >= 4 is 0 Å². The van der Waals surface area contributed by atoms with Crippen molar-refractivity contribution in [2.75, 3.05) is 13.2 Å². The van der Waals surface area contributed by atoms with Crippen molar-refractivity contribution in [1.29, 1.82) is 0 Å².